The highest BCUT2D eigenvalue weighted by atomic mass is 16.5. The Labute approximate surface area is 45.3 Å². The maximum absolute atomic E-state index is 9.83. The predicted octanol–water partition coefficient (Wildman–Crippen LogP) is -0.0671. The van der Waals surface area contributed by atoms with Crippen LogP contribution >= 0.6 is 0 Å². The van der Waals surface area contributed by atoms with Crippen molar-refractivity contribution in [1.29, 1.82) is 0 Å². The quantitative estimate of drug-likeness (QED) is 0.408. The summed E-state index contributed by atoms with van der Waals surface area (Å²) in [5, 5.41) is 8.48. The van der Waals surface area contributed by atoms with E-state index in [0.717, 1.165) is 11.1 Å². The fraction of sp³-hybridized carbons (Fsp3) is 0. The summed E-state index contributed by atoms with van der Waals surface area (Å²) in [4.78, 5) is 13.3. The Morgan fingerprint density at radius 2 is 2.62 bits per heavy atom. The number of rotatable bonds is 1. The van der Waals surface area contributed by atoms with Crippen molar-refractivity contribution in [1.82, 2.24) is 9.71 Å². The van der Waals surface area contributed by atoms with Crippen LogP contribution in [0.25, 0.3) is 0 Å². The van der Waals surface area contributed by atoms with Gasteiger partial charge in [0, 0.05) is 0 Å². The summed E-state index contributed by atoms with van der Waals surface area (Å²) in [7, 11) is 0. The Morgan fingerprint density at radius 1 is 1.88 bits per heavy atom. The van der Waals surface area contributed by atoms with E-state index in [9.17, 15) is 4.79 Å². The minimum absolute atomic E-state index is 0.229. The van der Waals surface area contributed by atoms with Crippen molar-refractivity contribution in [2.75, 3.05) is 0 Å². The van der Waals surface area contributed by atoms with E-state index >= 15 is 0 Å². The zero-order valence-electron chi connectivity index (χ0n) is 3.98. The zero-order valence-corrected chi connectivity index (χ0v) is 3.98. The van der Waals surface area contributed by atoms with Crippen LogP contribution in [0.5, 0.6) is 0 Å². The molecule has 0 aliphatic carbocycles. The molecule has 1 heterocycles. The van der Waals surface area contributed by atoms with Crippen LogP contribution in [0.2, 0.25) is 0 Å². The standard InChI is InChI=1S/C4H4N2O2/c7-2-4-1-6(8)3-5-4/h1-3,8H. The monoisotopic (exact) mass is 112 g/mol. The van der Waals surface area contributed by atoms with Crippen LogP contribution in [0.1, 0.15) is 10.5 Å². The lowest BCUT2D eigenvalue weighted by molar-refractivity contribution is 0.111. The van der Waals surface area contributed by atoms with Gasteiger partial charge in [0.25, 0.3) is 0 Å². The number of carbonyl (C=O) groups is 1. The van der Waals surface area contributed by atoms with Gasteiger partial charge in [0.15, 0.2) is 6.29 Å². The van der Waals surface area contributed by atoms with Gasteiger partial charge in [-0.3, -0.25) is 4.79 Å². The summed E-state index contributed by atoms with van der Waals surface area (Å²) in [6.07, 6.45) is 2.92. The molecule has 0 spiro atoms. The average Bonchev–Trinajstić information content (AvgIpc) is 2.14. The highest BCUT2D eigenvalue weighted by molar-refractivity contribution is 5.70. The smallest absolute Gasteiger partial charge is 0.170 e. The van der Waals surface area contributed by atoms with Gasteiger partial charge >= 0.3 is 0 Å². The Hall–Kier alpha value is -1.32. The third-order valence-corrected chi connectivity index (χ3v) is 0.710. The molecule has 0 amide bonds. The number of nitrogens with zero attached hydrogens (tertiary/aromatic N) is 2. The molecule has 42 valence electrons. The van der Waals surface area contributed by atoms with Gasteiger partial charge in [-0.05, 0) is 0 Å². The van der Waals surface area contributed by atoms with Gasteiger partial charge in [-0.2, -0.15) is 4.73 Å². The van der Waals surface area contributed by atoms with Gasteiger partial charge in [0.2, 0.25) is 0 Å². The minimum atomic E-state index is 0.229. The van der Waals surface area contributed by atoms with Gasteiger partial charge in [-0.1, -0.05) is 0 Å². The van der Waals surface area contributed by atoms with Crippen molar-refractivity contribution in [3.05, 3.63) is 18.2 Å². The summed E-state index contributed by atoms with van der Waals surface area (Å²) in [6.45, 7) is 0. The number of hydrogen-bond acceptors (Lipinski definition) is 3. The normalized spacial score (nSPS) is 9.00. The first kappa shape index (κ1) is 4.83. The largest absolute Gasteiger partial charge is 0.427 e. The summed E-state index contributed by atoms with van der Waals surface area (Å²) < 4.78 is 0.726. The second-order valence-corrected chi connectivity index (χ2v) is 1.30. The van der Waals surface area contributed by atoms with Crippen LogP contribution in [-0.2, 0) is 0 Å². The molecular formula is C4H4N2O2. The van der Waals surface area contributed by atoms with E-state index in [0.29, 0.717) is 6.29 Å². The van der Waals surface area contributed by atoms with E-state index in [1.54, 1.807) is 0 Å². The summed E-state index contributed by atoms with van der Waals surface area (Å²) >= 11 is 0. The van der Waals surface area contributed by atoms with Gasteiger partial charge < -0.3 is 5.21 Å². The number of aromatic nitrogens is 2. The van der Waals surface area contributed by atoms with Crippen molar-refractivity contribution in [2.45, 2.75) is 0 Å². The fourth-order valence-electron chi connectivity index (χ4n) is 0.389. The second-order valence-electron chi connectivity index (χ2n) is 1.30. The van der Waals surface area contributed by atoms with Crippen LogP contribution in [0.15, 0.2) is 12.5 Å². The number of aldehydes is 1. The van der Waals surface area contributed by atoms with Gasteiger partial charge in [-0.15, -0.1) is 0 Å². The van der Waals surface area contributed by atoms with E-state index in [2.05, 4.69) is 4.98 Å². The SMILES string of the molecule is O=Cc1cn(O)cn1. The van der Waals surface area contributed by atoms with Crippen molar-refractivity contribution >= 4 is 6.29 Å². The minimum Gasteiger partial charge on any atom is -0.427 e. The Balaban J connectivity index is 3.00. The third kappa shape index (κ3) is 0.676. The van der Waals surface area contributed by atoms with Gasteiger partial charge in [0.1, 0.15) is 12.0 Å². The van der Waals surface area contributed by atoms with Crippen LogP contribution in [0.3, 0.4) is 0 Å². The lowest BCUT2D eigenvalue weighted by Crippen LogP contribution is -1.80. The molecule has 0 unspecified atom stereocenters. The van der Waals surface area contributed by atoms with Gasteiger partial charge in [-0.25, -0.2) is 4.98 Å². The second kappa shape index (κ2) is 1.65. The lowest BCUT2D eigenvalue weighted by Gasteiger charge is -1.77. The predicted molar refractivity (Wildman–Crippen MR) is 24.8 cm³/mol. The first-order chi connectivity index (χ1) is 3.83. The molecule has 0 aromatic carbocycles. The van der Waals surface area contributed by atoms with Crippen molar-refractivity contribution in [3.63, 3.8) is 0 Å². The molecule has 1 aromatic heterocycles. The maximum atomic E-state index is 9.83. The number of imidazole rings is 1. The maximum Gasteiger partial charge on any atom is 0.170 e. The summed E-state index contributed by atoms with van der Waals surface area (Å²) in [5.74, 6) is 0. The van der Waals surface area contributed by atoms with Crippen LogP contribution < -0.4 is 0 Å². The molecule has 1 aromatic rings. The van der Waals surface area contributed by atoms with E-state index in [1.807, 2.05) is 0 Å². The Morgan fingerprint density at radius 3 is 2.88 bits per heavy atom. The molecule has 0 saturated heterocycles. The van der Waals surface area contributed by atoms with Crippen molar-refractivity contribution in [2.24, 2.45) is 0 Å². The zero-order chi connectivity index (χ0) is 5.98. The van der Waals surface area contributed by atoms with E-state index in [4.69, 9.17) is 5.21 Å². The lowest BCUT2D eigenvalue weighted by atomic mass is 10.6. The van der Waals surface area contributed by atoms with Crippen molar-refractivity contribution in [3.8, 4) is 0 Å². The van der Waals surface area contributed by atoms with Crippen LogP contribution in [0.4, 0.5) is 0 Å². The van der Waals surface area contributed by atoms with Crippen LogP contribution in [-0.4, -0.2) is 21.2 Å². The third-order valence-electron chi connectivity index (χ3n) is 0.710. The molecule has 8 heavy (non-hydrogen) atoms. The van der Waals surface area contributed by atoms with E-state index in [-0.39, 0.29) is 5.69 Å². The molecule has 0 fully saturated rings. The molecule has 1 rings (SSSR count). The number of hydrogen-bond donors (Lipinski definition) is 1. The van der Waals surface area contributed by atoms with Crippen LogP contribution in [0, 0.1) is 0 Å². The highest BCUT2D eigenvalue weighted by Gasteiger charge is 1.90. The molecular weight excluding hydrogens is 108 g/mol. The Kier molecular flexibility index (Phi) is 0.997. The first-order valence-electron chi connectivity index (χ1n) is 2.01. The summed E-state index contributed by atoms with van der Waals surface area (Å²) in [6, 6.07) is 0. The first-order valence-corrected chi connectivity index (χ1v) is 2.01. The number of carbonyl (C=O) groups excluding carboxylic acids is 1. The highest BCUT2D eigenvalue weighted by Crippen LogP contribution is 1.85. The molecule has 0 aliphatic rings. The van der Waals surface area contributed by atoms with Crippen molar-refractivity contribution < 1.29 is 10.0 Å². The summed E-state index contributed by atoms with van der Waals surface area (Å²) in [5.41, 5.74) is 0.229. The average molecular weight is 112 g/mol. The molecule has 1 N–H and O–H groups in total. The Bertz CT molecular complexity index is 194. The molecule has 4 heteroatoms. The molecule has 0 saturated carbocycles. The van der Waals surface area contributed by atoms with Gasteiger partial charge in [0.05, 0.1) is 6.20 Å². The van der Waals surface area contributed by atoms with E-state index in [1.165, 1.54) is 6.20 Å². The topological polar surface area (TPSA) is 55.1 Å². The molecule has 0 aliphatic heterocycles. The molecule has 0 radical (unpaired) electrons. The van der Waals surface area contributed by atoms with E-state index < -0.39 is 0 Å². The molecule has 4 nitrogen and oxygen atoms in total. The molecule has 0 bridgehead atoms. The fourth-order valence-corrected chi connectivity index (χ4v) is 0.389. The molecule has 0 atom stereocenters.